The van der Waals surface area contributed by atoms with Crippen LogP contribution in [-0.2, 0) is 4.74 Å². The quantitative estimate of drug-likeness (QED) is 0.607. The van der Waals surface area contributed by atoms with Crippen molar-refractivity contribution in [3.63, 3.8) is 0 Å². The number of carbonyl (C=O) groups is 1. The Morgan fingerprint density at radius 2 is 1.95 bits per heavy atom. The van der Waals surface area contributed by atoms with E-state index in [4.69, 9.17) is 4.74 Å². The van der Waals surface area contributed by atoms with Gasteiger partial charge < -0.3 is 4.74 Å². The Morgan fingerprint density at radius 1 is 1.27 bits per heavy atom. The van der Waals surface area contributed by atoms with Gasteiger partial charge in [0.15, 0.2) is 0 Å². The molecule has 7 heteroatoms. The molecule has 0 atom stereocenters. The summed E-state index contributed by atoms with van der Waals surface area (Å²) in [5.41, 5.74) is -0.0311. The highest BCUT2D eigenvalue weighted by Crippen LogP contribution is 2.33. The van der Waals surface area contributed by atoms with Crippen LogP contribution in [-0.4, -0.2) is 16.6 Å². The summed E-state index contributed by atoms with van der Waals surface area (Å²) in [4.78, 5) is 22.2. The fourth-order valence-corrected chi connectivity index (χ4v) is 2.50. The predicted molar refractivity (Wildman–Crippen MR) is 88.2 cm³/mol. The zero-order valence-corrected chi connectivity index (χ0v) is 13.9. The van der Waals surface area contributed by atoms with Crippen LogP contribution in [0.15, 0.2) is 34.8 Å². The van der Waals surface area contributed by atoms with E-state index in [1.807, 2.05) is 0 Å². The highest BCUT2D eigenvalue weighted by Gasteiger charge is 2.18. The predicted octanol–water partition coefficient (Wildman–Crippen LogP) is 4.86. The zero-order valence-electron chi connectivity index (χ0n) is 12.3. The average molecular weight is 367 g/mol. The number of halogens is 1. The lowest BCUT2D eigenvalue weighted by Crippen LogP contribution is -2.27. The molecule has 0 aliphatic carbocycles. The summed E-state index contributed by atoms with van der Waals surface area (Å²) in [6.45, 7) is 5.34. The van der Waals surface area contributed by atoms with Crippen LogP contribution in [0.3, 0.4) is 0 Å². The van der Waals surface area contributed by atoms with Crippen LogP contribution in [0.5, 0.6) is 0 Å². The molecule has 6 nitrogen and oxygen atoms in total. The van der Waals surface area contributed by atoms with Crippen molar-refractivity contribution < 1.29 is 14.5 Å². The van der Waals surface area contributed by atoms with Crippen molar-refractivity contribution in [2.75, 3.05) is 5.32 Å². The second-order valence-electron chi connectivity index (χ2n) is 5.72. The highest BCUT2D eigenvalue weighted by atomic mass is 79.9. The van der Waals surface area contributed by atoms with Crippen LogP contribution in [0, 0.1) is 10.1 Å². The number of carbonyl (C=O) groups excluding carboxylic acids is 1. The third-order valence-electron chi connectivity index (χ3n) is 2.78. The summed E-state index contributed by atoms with van der Waals surface area (Å²) in [5.74, 6) is 0. The number of nitro groups is 1. The van der Waals surface area contributed by atoms with Gasteiger partial charge >= 0.3 is 6.09 Å². The van der Waals surface area contributed by atoms with Crippen molar-refractivity contribution in [3.8, 4) is 0 Å². The van der Waals surface area contributed by atoms with Crippen LogP contribution in [0.25, 0.3) is 10.8 Å². The molecule has 0 saturated carbocycles. The molecule has 0 spiro atoms. The number of rotatable bonds is 2. The SMILES string of the molecule is CC(C)(C)OC(=O)Nc1ccc2cc([N+](=O)[O-])ccc2c1Br. The Kier molecular flexibility index (Phi) is 4.37. The molecule has 0 aromatic heterocycles. The van der Waals surface area contributed by atoms with Crippen LogP contribution >= 0.6 is 15.9 Å². The molecule has 116 valence electrons. The van der Waals surface area contributed by atoms with Crippen molar-refractivity contribution >= 4 is 44.2 Å². The maximum Gasteiger partial charge on any atom is 0.412 e. The van der Waals surface area contributed by atoms with E-state index in [0.717, 1.165) is 5.39 Å². The number of fused-ring (bicyclic) bond motifs is 1. The normalized spacial score (nSPS) is 11.3. The number of nitrogens with one attached hydrogen (secondary N) is 1. The van der Waals surface area contributed by atoms with Gasteiger partial charge in [0.2, 0.25) is 0 Å². The van der Waals surface area contributed by atoms with Gasteiger partial charge in [0.05, 0.1) is 10.6 Å². The molecule has 22 heavy (non-hydrogen) atoms. The third-order valence-corrected chi connectivity index (χ3v) is 3.64. The second-order valence-corrected chi connectivity index (χ2v) is 6.51. The maximum absolute atomic E-state index is 11.8. The van der Waals surface area contributed by atoms with Crippen LogP contribution in [0.1, 0.15) is 20.8 Å². The van der Waals surface area contributed by atoms with Crippen LogP contribution in [0.2, 0.25) is 0 Å². The zero-order chi connectivity index (χ0) is 16.5. The highest BCUT2D eigenvalue weighted by molar-refractivity contribution is 9.10. The summed E-state index contributed by atoms with van der Waals surface area (Å²) in [6, 6.07) is 7.92. The lowest BCUT2D eigenvalue weighted by atomic mass is 10.1. The lowest BCUT2D eigenvalue weighted by molar-refractivity contribution is -0.384. The monoisotopic (exact) mass is 366 g/mol. The molecule has 0 aliphatic rings. The first-order chi connectivity index (χ1) is 10.2. The summed E-state index contributed by atoms with van der Waals surface area (Å²) in [5, 5.41) is 14.9. The molecule has 0 radical (unpaired) electrons. The Balaban J connectivity index is 2.33. The Labute approximate surface area is 135 Å². The molecular weight excluding hydrogens is 352 g/mol. The molecule has 2 aromatic rings. The standard InChI is InChI=1S/C15H15BrN2O4/c1-15(2,3)22-14(19)17-12-7-4-9-8-10(18(20)21)5-6-11(9)13(12)16/h4-8H,1-3H3,(H,17,19). The number of nitrogens with zero attached hydrogens (tertiary/aromatic N) is 1. The van der Waals surface area contributed by atoms with Gasteiger partial charge in [-0.3, -0.25) is 15.4 Å². The fraction of sp³-hybridized carbons (Fsp3) is 0.267. The summed E-state index contributed by atoms with van der Waals surface area (Å²) in [6.07, 6.45) is -0.561. The molecule has 2 aromatic carbocycles. The molecule has 2 rings (SSSR count). The molecule has 0 aliphatic heterocycles. The smallest absolute Gasteiger partial charge is 0.412 e. The van der Waals surface area contributed by atoms with Gasteiger partial charge in [-0.15, -0.1) is 0 Å². The third kappa shape index (κ3) is 3.73. The molecule has 1 amide bonds. The van der Waals surface area contributed by atoms with Gasteiger partial charge in [-0.1, -0.05) is 6.07 Å². The van der Waals surface area contributed by atoms with E-state index in [0.29, 0.717) is 15.5 Å². The first-order valence-corrected chi connectivity index (χ1v) is 7.33. The van der Waals surface area contributed by atoms with E-state index < -0.39 is 16.6 Å². The number of benzene rings is 2. The maximum atomic E-state index is 11.8. The Hall–Kier alpha value is -2.15. The topological polar surface area (TPSA) is 81.5 Å². The van der Waals surface area contributed by atoms with Crippen molar-refractivity contribution in [1.82, 2.24) is 0 Å². The van der Waals surface area contributed by atoms with E-state index in [2.05, 4.69) is 21.2 Å². The summed E-state index contributed by atoms with van der Waals surface area (Å²) >= 11 is 3.41. The molecule has 0 saturated heterocycles. The van der Waals surface area contributed by atoms with Gasteiger partial charge in [0, 0.05) is 16.6 Å². The first kappa shape index (κ1) is 16.2. The first-order valence-electron chi connectivity index (χ1n) is 6.54. The van der Waals surface area contributed by atoms with Gasteiger partial charge in [-0.25, -0.2) is 4.79 Å². The number of non-ortho nitro benzene ring substituents is 1. The molecule has 0 fully saturated rings. The Bertz CT molecular complexity index is 753. The van der Waals surface area contributed by atoms with Crippen molar-refractivity contribution in [1.29, 1.82) is 0 Å². The number of ether oxygens (including phenoxy) is 1. The van der Waals surface area contributed by atoms with E-state index in [9.17, 15) is 14.9 Å². The van der Waals surface area contributed by atoms with E-state index in [-0.39, 0.29) is 5.69 Å². The molecule has 0 unspecified atom stereocenters. The van der Waals surface area contributed by atoms with E-state index in [1.165, 1.54) is 12.1 Å². The van der Waals surface area contributed by atoms with Crippen molar-refractivity contribution in [2.45, 2.75) is 26.4 Å². The van der Waals surface area contributed by atoms with Gasteiger partial charge in [0.25, 0.3) is 5.69 Å². The van der Waals surface area contributed by atoms with Crippen LogP contribution < -0.4 is 5.32 Å². The molecule has 0 heterocycles. The van der Waals surface area contributed by atoms with Gasteiger partial charge in [0.1, 0.15) is 5.60 Å². The minimum Gasteiger partial charge on any atom is -0.444 e. The van der Waals surface area contributed by atoms with Crippen LogP contribution in [0.4, 0.5) is 16.2 Å². The van der Waals surface area contributed by atoms with E-state index >= 15 is 0 Å². The number of hydrogen-bond acceptors (Lipinski definition) is 4. The molecule has 0 bridgehead atoms. The molecular formula is C15H15BrN2O4. The number of amides is 1. The molecule has 1 N–H and O–H groups in total. The minimum atomic E-state index is -0.589. The van der Waals surface area contributed by atoms with Gasteiger partial charge in [-0.2, -0.15) is 0 Å². The summed E-state index contributed by atoms with van der Waals surface area (Å²) < 4.78 is 5.84. The number of nitro benzene ring substituents is 1. The lowest BCUT2D eigenvalue weighted by Gasteiger charge is -2.20. The number of hydrogen-bond donors (Lipinski definition) is 1. The second kappa shape index (κ2) is 5.92. The van der Waals surface area contributed by atoms with Gasteiger partial charge in [-0.05, 0) is 59.6 Å². The summed E-state index contributed by atoms with van der Waals surface area (Å²) in [7, 11) is 0. The van der Waals surface area contributed by atoms with E-state index in [1.54, 1.807) is 39.0 Å². The van der Waals surface area contributed by atoms with Crippen molar-refractivity contribution in [2.24, 2.45) is 0 Å². The Morgan fingerprint density at radius 3 is 2.55 bits per heavy atom. The number of anilines is 1. The average Bonchev–Trinajstić information content (AvgIpc) is 2.39. The minimum absolute atomic E-state index is 0.0206. The fourth-order valence-electron chi connectivity index (χ4n) is 1.90. The largest absolute Gasteiger partial charge is 0.444 e. The van der Waals surface area contributed by atoms with Crippen molar-refractivity contribution in [3.05, 3.63) is 44.9 Å².